The van der Waals surface area contributed by atoms with Crippen molar-refractivity contribution < 1.29 is 9.53 Å². The predicted molar refractivity (Wildman–Crippen MR) is 57.0 cm³/mol. The van der Waals surface area contributed by atoms with Gasteiger partial charge in [-0.05, 0) is 39.0 Å². The molecule has 2 heteroatoms. The van der Waals surface area contributed by atoms with Crippen molar-refractivity contribution in [3.05, 3.63) is 12.2 Å². The fraction of sp³-hybridized carbons (Fsp3) is 0.750. The lowest BCUT2D eigenvalue weighted by molar-refractivity contribution is -0.141. The normalized spacial score (nSPS) is 21.8. The summed E-state index contributed by atoms with van der Waals surface area (Å²) in [6.07, 6.45) is 12.0. The second kappa shape index (κ2) is 6.63. The molecule has 1 unspecified atom stereocenters. The third-order valence-electron chi connectivity index (χ3n) is 2.60. The molecule has 0 aromatic rings. The second-order valence-corrected chi connectivity index (χ2v) is 3.86. The van der Waals surface area contributed by atoms with Crippen molar-refractivity contribution in [2.45, 2.75) is 58.0 Å². The lowest BCUT2D eigenvalue weighted by atomic mass is 10.1. The molecule has 1 fully saturated rings. The molecular formula is C12H20O2. The Hall–Kier alpha value is -0.790. The summed E-state index contributed by atoms with van der Waals surface area (Å²) in [4.78, 5) is 10.8. The molecule has 1 rings (SSSR count). The molecule has 0 aromatic heterocycles. The van der Waals surface area contributed by atoms with Crippen molar-refractivity contribution in [2.24, 2.45) is 0 Å². The van der Waals surface area contributed by atoms with Crippen molar-refractivity contribution in [3.63, 3.8) is 0 Å². The number of allylic oxidation sites excluding steroid dienone is 2. The zero-order valence-corrected chi connectivity index (χ0v) is 9.00. The average molecular weight is 196 g/mol. The topological polar surface area (TPSA) is 26.3 Å². The maximum Gasteiger partial charge on any atom is 0.306 e. The second-order valence-electron chi connectivity index (χ2n) is 3.86. The highest BCUT2D eigenvalue weighted by atomic mass is 16.5. The number of ether oxygens (including phenoxy) is 1. The fourth-order valence-electron chi connectivity index (χ4n) is 1.76. The van der Waals surface area contributed by atoms with Gasteiger partial charge < -0.3 is 4.74 Å². The van der Waals surface area contributed by atoms with Crippen LogP contribution in [0, 0.1) is 0 Å². The Morgan fingerprint density at radius 1 is 1.43 bits per heavy atom. The first-order chi connectivity index (χ1) is 6.83. The number of hydrogen-bond acceptors (Lipinski definition) is 2. The van der Waals surface area contributed by atoms with Crippen molar-refractivity contribution in [2.75, 3.05) is 0 Å². The van der Waals surface area contributed by atoms with Gasteiger partial charge in [0, 0.05) is 6.42 Å². The summed E-state index contributed by atoms with van der Waals surface area (Å²) in [6, 6.07) is 0. The zero-order chi connectivity index (χ0) is 10.2. The van der Waals surface area contributed by atoms with Crippen LogP contribution in [0.4, 0.5) is 0 Å². The molecule has 1 atom stereocenters. The SMILES string of the molecule is CC=CCCCCCC1CCC(=O)O1. The molecule has 80 valence electrons. The van der Waals surface area contributed by atoms with Gasteiger partial charge in [-0.1, -0.05) is 18.6 Å². The number of cyclic esters (lactones) is 1. The summed E-state index contributed by atoms with van der Waals surface area (Å²) >= 11 is 0. The van der Waals surface area contributed by atoms with Crippen LogP contribution in [0.3, 0.4) is 0 Å². The maximum atomic E-state index is 10.8. The Bertz CT molecular complexity index is 196. The minimum atomic E-state index is -0.0103. The van der Waals surface area contributed by atoms with Gasteiger partial charge in [0.05, 0.1) is 0 Å². The zero-order valence-electron chi connectivity index (χ0n) is 9.00. The molecule has 0 saturated carbocycles. The quantitative estimate of drug-likeness (QED) is 0.370. The molecule has 14 heavy (non-hydrogen) atoms. The molecule has 2 nitrogen and oxygen atoms in total. The van der Waals surface area contributed by atoms with E-state index in [1.165, 1.54) is 25.7 Å². The summed E-state index contributed by atoms with van der Waals surface area (Å²) in [6.45, 7) is 2.05. The smallest absolute Gasteiger partial charge is 0.306 e. The van der Waals surface area contributed by atoms with E-state index in [-0.39, 0.29) is 12.1 Å². The molecule has 0 spiro atoms. The number of hydrogen-bond donors (Lipinski definition) is 0. The van der Waals surface area contributed by atoms with E-state index in [1.54, 1.807) is 0 Å². The van der Waals surface area contributed by atoms with Crippen LogP contribution in [-0.4, -0.2) is 12.1 Å². The summed E-state index contributed by atoms with van der Waals surface area (Å²) < 4.78 is 5.14. The molecule has 0 radical (unpaired) electrons. The van der Waals surface area contributed by atoms with Crippen molar-refractivity contribution in [1.82, 2.24) is 0 Å². The Kier molecular flexibility index (Phi) is 5.35. The molecule has 0 aromatic carbocycles. The van der Waals surface area contributed by atoms with E-state index in [0.717, 1.165) is 12.8 Å². The summed E-state index contributed by atoms with van der Waals surface area (Å²) in [5, 5.41) is 0. The summed E-state index contributed by atoms with van der Waals surface area (Å²) in [5.41, 5.74) is 0. The van der Waals surface area contributed by atoms with Gasteiger partial charge in [0.2, 0.25) is 0 Å². The molecule has 1 aliphatic heterocycles. The first kappa shape index (κ1) is 11.3. The molecule has 0 N–H and O–H groups in total. The number of carbonyl (C=O) groups excluding carboxylic acids is 1. The highest BCUT2D eigenvalue weighted by Crippen LogP contribution is 2.19. The third kappa shape index (κ3) is 4.45. The number of rotatable bonds is 6. The summed E-state index contributed by atoms with van der Waals surface area (Å²) in [5.74, 6) is -0.0103. The molecule has 1 heterocycles. The Labute approximate surface area is 86.3 Å². The van der Waals surface area contributed by atoms with Gasteiger partial charge in [-0.2, -0.15) is 0 Å². The van der Waals surface area contributed by atoms with Gasteiger partial charge in [-0.15, -0.1) is 0 Å². The van der Waals surface area contributed by atoms with Crippen molar-refractivity contribution in [3.8, 4) is 0 Å². The van der Waals surface area contributed by atoms with Gasteiger partial charge >= 0.3 is 5.97 Å². The van der Waals surface area contributed by atoms with Crippen LogP contribution in [-0.2, 0) is 9.53 Å². The fourth-order valence-corrected chi connectivity index (χ4v) is 1.76. The maximum absolute atomic E-state index is 10.8. The van der Waals surface area contributed by atoms with Crippen LogP contribution in [0.1, 0.15) is 51.9 Å². The molecule has 1 saturated heterocycles. The molecule has 0 aliphatic carbocycles. The van der Waals surface area contributed by atoms with Crippen LogP contribution in [0.25, 0.3) is 0 Å². The first-order valence-electron chi connectivity index (χ1n) is 5.63. The van der Waals surface area contributed by atoms with E-state index >= 15 is 0 Å². The van der Waals surface area contributed by atoms with Gasteiger partial charge in [0.15, 0.2) is 0 Å². The van der Waals surface area contributed by atoms with E-state index in [9.17, 15) is 4.79 Å². The van der Waals surface area contributed by atoms with Gasteiger partial charge in [0.25, 0.3) is 0 Å². The van der Waals surface area contributed by atoms with Crippen LogP contribution >= 0.6 is 0 Å². The highest BCUT2D eigenvalue weighted by Gasteiger charge is 2.22. The highest BCUT2D eigenvalue weighted by molar-refractivity contribution is 5.71. The van der Waals surface area contributed by atoms with Crippen LogP contribution in [0.5, 0.6) is 0 Å². The van der Waals surface area contributed by atoms with Gasteiger partial charge in [0.1, 0.15) is 6.10 Å². The number of unbranched alkanes of at least 4 members (excludes halogenated alkanes) is 3. The average Bonchev–Trinajstić information content (AvgIpc) is 2.58. The Morgan fingerprint density at radius 3 is 2.93 bits per heavy atom. The predicted octanol–water partition coefficient (Wildman–Crippen LogP) is 3.22. The van der Waals surface area contributed by atoms with Crippen molar-refractivity contribution in [1.29, 1.82) is 0 Å². The largest absolute Gasteiger partial charge is 0.462 e. The van der Waals surface area contributed by atoms with E-state index in [2.05, 4.69) is 19.1 Å². The summed E-state index contributed by atoms with van der Waals surface area (Å²) in [7, 11) is 0. The number of esters is 1. The monoisotopic (exact) mass is 196 g/mol. The van der Waals surface area contributed by atoms with Crippen LogP contribution < -0.4 is 0 Å². The Morgan fingerprint density at radius 2 is 2.29 bits per heavy atom. The molecule has 0 bridgehead atoms. The van der Waals surface area contributed by atoms with E-state index in [0.29, 0.717) is 6.42 Å². The molecule has 1 aliphatic rings. The standard InChI is InChI=1S/C12H20O2/c1-2-3-4-5-6-7-8-11-9-10-12(13)14-11/h2-3,11H,4-10H2,1H3. The lowest BCUT2D eigenvalue weighted by Gasteiger charge is -2.07. The first-order valence-corrected chi connectivity index (χ1v) is 5.63. The minimum absolute atomic E-state index is 0.0103. The van der Waals surface area contributed by atoms with E-state index in [1.807, 2.05) is 0 Å². The third-order valence-corrected chi connectivity index (χ3v) is 2.60. The van der Waals surface area contributed by atoms with E-state index < -0.39 is 0 Å². The minimum Gasteiger partial charge on any atom is -0.462 e. The Balaban J connectivity index is 1.91. The van der Waals surface area contributed by atoms with Crippen molar-refractivity contribution >= 4 is 5.97 Å². The molecule has 0 amide bonds. The van der Waals surface area contributed by atoms with E-state index in [4.69, 9.17) is 4.74 Å². The molecular weight excluding hydrogens is 176 g/mol. The lowest BCUT2D eigenvalue weighted by Crippen LogP contribution is -2.05. The van der Waals surface area contributed by atoms with Gasteiger partial charge in [-0.3, -0.25) is 4.79 Å². The van der Waals surface area contributed by atoms with Gasteiger partial charge in [-0.25, -0.2) is 0 Å². The van der Waals surface area contributed by atoms with Crippen LogP contribution in [0.15, 0.2) is 12.2 Å². The van der Waals surface area contributed by atoms with Crippen LogP contribution in [0.2, 0.25) is 0 Å². The number of carbonyl (C=O) groups is 1.